The average molecular weight is 131 g/mol. The Morgan fingerprint density at radius 2 is 2.11 bits per heavy atom. The molecule has 0 aliphatic carbocycles. The largest absolute Gasteiger partial charge is 0.511 e. The summed E-state index contributed by atoms with van der Waals surface area (Å²) < 4.78 is 0. The van der Waals surface area contributed by atoms with E-state index in [4.69, 9.17) is 10.3 Å². The molecule has 9 heavy (non-hydrogen) atoms. The van der Waals surface area contributed by atoms with Gasteiger partial charge in [-0.1, -0.05) is 6.58 Å². The molecule has 0 aromatic carbocycles. The van der Waals surface area contributed by atoms with Gasteiger partial charge >= 0.3 is 0 Å². The van der Waals surface area contributed by atoms with Crippen LogP contribution in [0.15, 0.2) is 12.3 Å². The third-order valence-corrected chi connectivity index (χ3v) is 0.941. The van der Waals surface area contributed by atoms with Crippen LogP contribution >= 0.6 is 0 Å². The number of aliphatic hydroxyl groups is 1. The molecule has 0 spiro atoms. The van der Waals surface area contributed by atoms with Crippen LogP contribution in [0.5, 0.6) is 0 Å². The van der Waals surface area contributed by atoms with Crippen molar-refractivity contribution >= 4 is 0 Å². The molecule has 0 aromatic heterocycles. The van der Waals surface area contributed by atoms with E-state index in [0.29, 0.717) is 0 Å². The lowest BCUT2D eigenvalue weighted by Gasteiger charge is -2.17. The average Bonchev–Trinajstić information content (AvgIpc) is 1.63. The lowest BCUT2D eigenvalue weighted by molar-refractivity contribution is -0.114. The third-order valence-electron chi connectivity index (χ3n) is 0.941. The fraction of sp³-hybridized carbons (Fsp3) is 0.667. The second-order valence-corrected chi connectivity index (χ2v) is 2.26. The first kappa shape index (κ1) is 8.46. The maximum absolute atomic E-state index is 8.91. The molecule has 0 fully saturated rings. The normalized spacial score (nSPS) is 10.8. The highest BCUT2D eigenvalue weighted by molar-refractivity contribution is 4.81. The van der Waals surface area contributed by atoms with E-state index in [9.17, 15) is 0 Å². The van der Waals surface area contributed by atoms with E-state index in [-0.39, 0.29) is 18.3 Å². The topological polar surface area (TPSA) is 43.7 Å². The van der Waals surface area contributed by atoms with Crippen molar-refractivity contribution in [2.75, 3.05) is 6.54 Å². The van der Waals surface area contributed by atoms with Gasteiger partial charge in [0.1, 0.15) is 5.76 Å². The van der Waals surface area contributed by atoms with E-state index >= 15 is 0 Å². The first-order valence-electron chi connectivity index (χ1n) is 2.86. The Morgan fingerprint density at radius 1 is 1.67 bits per heavy atom. The van der Waals surface area contributed by atoms with Crippen molar-refractivity contribution in [3.63, 3.8) is 0 Å². The van der Waals surface area contributed by atoms with Gasteiger partial charge in [-0.2, -0.15) is 5.06 Å². The van der Waals surface area contributed by atoms with Gasteiger partial charge in [0.25, 0.3) is 0 Å². The number of nitrogens with zero attached hydrogens (tertiary/aromatic N) is 1. The zero-order chi connectivity index (χ0) is 7.44. The Morgan fingerprint density at radius 3 is 2.22 bits per heavy atom. The molecule has 0 radical (unpaired) electrons. The summed E-state index contributed by atoms with van der Waals surface area (Å²) in [6.07, 6.45) is 0. The molecular formula is C6H13NO2. The lowest BCUT2D eigenvalue weighted by atomic mass is 10.4. The zero-order valence-corrected chi connectivity index (χ0v) is 5.83. The van der Waals surface area contributed by atoms with Gasteiger partial charge in [-0.25, -0.2) is 0 Å². The van der Waals surface area contributed by atoms with E-state index < -0.39 is 0 Å². The number of rotatable bonds is 3. The molecule has 0 saturated heterocycles. The van der Waals surface area contributed by atoms with Crippen molar-refractivity contribution in [2.45, 2.75) is 19.9 Å². The fourth-order valence-corrected chi connectivity index (χ4v) is 0.370. The first-order chi connectivity index (χ1) is 4.04. The molecule has 0 saturated carbocycles. The third kappa shape index (κ3) is 4.00. The van der Waals surface area contributed by atoms with Gasteiger partial charge in [0.05, 0.1) is 6.54 Å². The molecule has 0 unspecified atom stereocenters. The molecule has 0 amide bonds. The molecule has 3 heteroatoms. The monoisotopic (exact) mass is 131 g/mol. The standard InChI is InChI=1S/C6H13NO2/c1-5(2)7(9)4-6(3)8/h5,8-9H,3-4H2,1-2H3. The fourth-order valence-electron chi connectivity index (χ4n) is 0.370. The van der Waals surface area contributed by atoms with E-state index in [2.05, 4.69) is 6.58 Å². The maximum Gasteiger partial charge on any atom is 0.102 e. The minimum atomic E-state index is -0.0220. The van der Waals surface area contributed by atoms with Crippen LogP contribution in [0.2, 0.25) is 0 Å². The smallest absolute Gasteiger partial charge is 0.102 e. The number of hydrogen-bond donors (Lipinski definition) is 2. The van der Waals surface area contributed by atoms with Crippen LogP contribution in [0.3, 0.4) is 0 Å². The van der Waals surface area contributed by atoms with Gasteiger partial charge in [-0.3, -0.25) is 0 Å². The van der Waals surface area contributed by atoms with E-state index in [1.807, 2.05) is 13.8 Å². The van der Waals surface area contributed by atoms with Crippen molar-refractivity contribution in [3.8, 4) is 0 Å². The molecule has 2 N–H and O–H groups in total. The predicted molar refractivity (Wildman–Crippen MR) is 35.4 cm³/mol. The van der Waals surface area contributed by atoms with Crippen LogP contribution in [0, 0.1) is 0 Å². The first-order valence-corrected chi connectivity index (χ1v) is 2.86. The van der Waals surface area contributed by atoms with Crippen LogP contribution in [-0.2, 0) is 0 Å². The van der Waals surface area contributed by atoms with E-state index in [0.717, 1.165) is 5.06 Å². The molecule has 0 atom stereocenters. The molecule has 0 bridgehead atoms. The van der Waals surface area contributed by atoms with Crippen molar-refractivity contribution in [1.29, 1.82) is 0 Å². The van der Waals surface area contributed by atoms with Crippen LogP contribution in [-0.4, -0.2) is 28.0 Å². The molecule has 0 aromatic rings. The molecule has 0 aliphatic heterocycles. The highest BCUT2D eigenvalue weighted by atomic mass is 16.5. The van der Waals surface area contributed by atoms with Crippen molar-refractivity contribution in [3.05, 3.63) is 12.3 Å². The number of hydroxylamine groups is 2. The summed E-state index contributed by atoms with van der Waals surface area (Å²) in [5.74, 6) is -0.0220. The lowest BCUT2D eigenvalue weighted by Crippen LogP contribution is -2.28. The minimum Gasteiger partial charge on any atom is -0.511 e. The van der Waals surface area contributed by atoms with Crippen LogP contribution in [0.25, 0.3) is 0 Å². The molecule has 3 nitrogen and oxygen atoms in total. The van der Waals surface area contributed by atoms with Gasteiger partial charge in [-0.15, -0.1) is 0 Å². The highest BCUT2D eigenvalue weighted by Crippen LogP contribution is 1.94. The van der Waals surface area contributed by atoms with E-state index in [1.54, 1.807) is 0 Å². The summed E-state index contributed by atoms with van der Waals surface area (Å²) in [7, 11) is 0. The van der Waals surface area contributed by atoms with Crippen LogP contribution < -0.4 is 0 Å². The summed E-state index contributed by atoms with van der Waals surface area (Å²) >= 11 is 0. The Labute approximate surface area is 55.2 Å². The summed E-state index contributed by atoms with van der Waals surface area (Å²) in [5, 5.41) is 18.5. The summed E-state index contributed by atoms with van der Waals surface area (Å²) in [5.41, 5.74) is 0. The Hall–Kier alpha value is -0.540. The summed E-state index contributed by atoms with van der Waals surface area (Å²) in [4.78, 5) is 0. The Balaban J connectivity index is 3.50. The molecule has 54 valence electrons. The van der Waals surface area contributed by atoms with Crippen molar-refractivity contribution in [1.82, 2.24) is 5.06 Å². The minimum absolute atomic E-state index is 0.0220. The van der Waals surface area contributed by atoms with E-state index in [1.165, 1.54) is 0 Å². The van der Waals surface area contributed by atoms with Gasteiger partial charge in [-0.05, 0) is 13.8 Å². The highest BCUT2D eigenvalue weighted by Gasteiger charge is 2.04. The van der Waals surface area contributed by atoms with Crippen molar-refractivity contribution in [2.24, 2.45) is 0 Å². The maximum atomic E-state index is 8.91. The second kappa shape index (κ2) is 3.48. The molecule has 0 rings (SSSR count). The molecular weight excluding hydrogens is 118 g/mol. The van der Waals surface area contributed by atoms with Gasteiger partial charge in [0, 0.05) is 6.04 Å². The summed E-state index contributed by atoms with van der Waals surface area (Å²) in [6.45, 7) is 7.00. The van der Waals surface area contributed by atoms with Crippen molar-refractivity contribution < 1.29 is 10.3 Å². The van der Waals surface area contributed by atoms with Crippen LogP contribution in [0.4, 0.5) is 0 Å². The molecule has 0 aliphatic rings. The van der Waals surface area contributed by atoms with Gasteiger partial charge in [0.15, 0.2) is 0 Å². The van der Waals surface area contributed by atoms with Gasteiger partial charge in [0.2, 0.25) is 0 Å². The Bertz CT molecular complexity index is 101. The van der Waals surface area contributed by atoms with Crippen LogP contribution in [0.1, 0.15) is 13.8 Å². The Kier molecular flexibility index (Phi) is 3.27. The number of hydrogen-bond acceptors (Lipinski definition) is 3. The second-order valence-electron chi connectivity index (χ2n) is 2.26. The SMILES string of the molecule is C=C(O)CN(O)C(C)C. The number of aliphatic hydroxyl groups excluding tert-OH is 1. The zero-order valence-electron chi connectivity index (χ0n) is 5.83. The van der Waals surface area contributed by atoms with Gasteiger partial charge < -0.3 is 10.3 Å². The predicted octanol–water partition coefficient (Wildman–Crippen LogP) is 1.16. The quantitative estimate of drug-likeness (QED) is 0.446. The molecule has 0 heterocycles. The summed E-state index contributed by atoms with van der Waals surface area (Å²) in [6, 6.07) is 0.0221.